The minimum atomic E-state index is -0.196. The predicted octanol–water partition coefficient (Wildman–Crippen LogP) is 7.38. The van der Waals surface area contributed by atoms with Crippen molar-refractivity contribution in [1.82, 2.24) is 9.80 Å². The van der Waals surface area contributed by atoms with Crippen molar-refractivity contribution in [1.29, 1.82) is 0 Å². The summed E-state index contributed by atoms with van der Waals surface area (Å²) in [5.74, 6) is 3.66. The van der Waals surface area contributed by atoms with Crippen LogP contribution in [0, 0.1) is 56.7 Å². The number of carbonyl (C=O) groups excluding carboxylic acids is 2. The monoisotopic (exact) mass is 550 g/mol. The van der Waals surface area contributed by atoms with Gasteiger partial charge in [-0.25, -0.2) is 0 Å². The van der Waals surface area contributed by atoms with E-state index in [1.54, 1.807) is 0 Å². The first-order chi connectivity index (χ1) is 18.8. The molecule has 1 saturated heterocycles. The molecule has 0 bridgehead atoms. The third kappa shape index (κ3) is 3.65. The first-order valence-corrected chi connectivity index (χ1v) is 17.0. The van der Waals surface area contributed by atoms with Crippen LogP contribution in [0.5, 0.6) is 0 Å². The summed E-state index contributed by atoms with van der Waals surface area (Å²) in [5, 5.41) is 0. The Labute approximate surface area is 245 Å². The summed E-state index contributed by atoms with van der Waals surface area (Å²) in [6.45, 7) is 26.4. The number of carbonyl (C=O) groups is 2. The maximum atomic E-state index is 14.6. The van der Waals surface area contributed by atoms with Crippen LogP contribution in [0.3, 0.4) is 0 Å². The molecule has 0 aromatic heterocycles. The lowest BCUT2D eigenvalue weighted by Gasteiger charge is -2.72. The topological polar surface area (TPSA) is 40.6 Å². The molecule has 5 saturated carbocycles. The molecule has 6 fully saturated rings. The van der Waals surface area contributed by atoms with E-state index in [4.69, 9.17) is 0 Å². The van der Waals surface area contributed by atoms with Gasteiger partial charge in [0.25, 0.3) is 0 Å². The molecule has 0 N–H and O–H groups in total. The fourth-order valence-electron chi connectivity index (χ4n) is 12.9. The second kappa shape index (κ2) is 9.42. The highest BCUT2D eigenvalue weighted by atomic mass is 16.2. The summed E-state index contributed by atoms with van der Waals surface area (Å²) in [7, 11) is 0. The summed E-state index contributed by atoms with van der Waals surface area (Å²) >= 11 is 0. The Kier molecular flexibility index (Phi) is 6.81. The van der Waals surface area contributed by atoms with E-state index in [0.29, 0.717) is 41.3 Å². The number of allylic oxidation sites excluding steroid dienone is 1. The highest BCUT2D eigenvalue weighted by Crippen LogP contribution is 2.77. The Hall–Kier alpha value is -1.16. The van der Waals surface area contributed by atoms with Gasteiger partial charge in [0, 0.05) is 38.0 Å². The number of hydrogen-bond acceptors (Lipinski definition) is 3. The zero-order valence-electron chi connectivity index (χ0n) is 26.9. The number of ketones is 1. The molecule has 0 aromatic rings. The molecule has 9 atom stereocenters. The van der Waals surface area contributed by atoms with Crippen molar-refractivity contribution in [2.45, 2.75) is 113 Å². The number of hydrogen-bond donors (Lipinski definition) is 0. The van der Waals surface area contributed by atoms with E-state index >= 15 is 0 Å². The molecule has 6 aliphatic rings. The minimum Gasteiger partial charge on any atom is -0.340 e. The summed E-state index contributed by atoms with van der Waals surface area (Å²) < 4.78 is 0. The van der Waals surface area contributed by atoms with E-state index < -0.39 is 0 Å². The van der Waals surface area contributed by atoms with Crippen molar-refractivity contribution < 1.29 is 9.59 Å². The maximum Gasteiger partial charge on any atom is 0.229 e. The number of rotatable bonds is 3. The van der Waals surface area contributed by atoms with Crippen molar-refractivity contribution in [2.75, 3.05) is 32.7 Å². The number of fused-ring (bicyclic) bond motifs is 7. The van der Waals surface area contributed by atoms with Gasteiger partial charge in [-0.2, -0.15) is 0 Å². The van der Waals surface area contributed by atoms with Crippen LogP contribution in [0.2, 0.25) is 0 Å². The standard InChI is InChI=1S/C36H58N2O2/c1-9-37-20-22-38(23-21-37)31(40)36-17-12-25(24(2)3)30(36)26-10-11-28-33(6)15-14-29(39)32(4,5)27(33)13-16-35(28,8)34(26,7)18-19-36/h25-28,30H,2,9-23H2,1,3-8H3/t25-,26?,27?,28?,30+,33-,34+,35+,36-/m0/s1. The Balaban J connectivity index is 1.35. The molecule has 5 aliphatic carbocycles. The van der Waals surface area contributed by atoms with E-state index in [1.807, 2.05) is 0 Å². The first kappa shape index (κ1) is 28.9. The van der Waals surface area contributed by atoms with Gasteiger partial charge in [0.1, 0.15) is 5.78 Å². The van der Waals surface area contributed by atoms with Crippen molar-refractivity contribution in [2.24, 2.45) is 56.7 Å². The van der Waals surface area contributed by atoms with Gasteiger partial charge in [-0.1, -0.05) is 53.7 Å². The molecule has 0 spiro atoms. The Morgan fingerprint density at radius 2 is 1.55 bits per heavy atom. The molecule has 3 unspecified atom stereocenters. The van der Waals surface area contributed by atoms with Gasteiger partial charge >= 0.3 is 0 Å². The lowest BCUT2D eigenvalue weighted by molar-refractivity contribution is -0.234. The van der Waals surface area contributed by atoms with Crippen LogP contribution in [0.15, 0.2) is 12.2 Å². The predicted molar refractivity (Wildman–Crippen MR) is 163 cm³/mol. The van der Waals surface area contributed by atoms with E-state index in [0.717, 1.165) is 64.8 Å². The fourth-order valence-corrected chi connectivity index (χ4v) is 12.9. The molecule has 6 rings (SSSR count). The SMILES string of the molecule is C=C(C)[C@@H]1CC[C@]2(C(=O)N3CCN(CC)CC3)CC[C@]3(C)C(CCC4[C@@]5(C)CCC(=O)C(C)(C)C5CC[C@]43C)[C@@H]12. The lowest BCUT2D eigenvalue weighted by atomic mass is 9.32. The number of amides is 1. The van der Waals surface area contributed by atoms with Gasteiger partial charge < -0.3 is 9.80 Å². The molecular weight excluding hydrogens is 492 g/mol. The van der Waals surface area contributed by atoms with Crippen LogP contribution < -0.4 is 0 Å². The van der Waals surface area contributed by atoms with Gasteiger partial charge in [-0.05, 0) is 117 Å². The largest absolute Gasteiger partial charge is 0.340 e. The normalized spacial score (nSPS) is 48.5. The van der Waals surface area contributed by atoms with Crippen molar-refractivity contribution in [3.63, 3.8) is 0 Å². The van der Waals surface area contributed by atoms with Crippen molar-refractivity contribution in [3.05, 3.63) is 12.2 Å². The molecule has 1 heterocycles. The van der Waals surface area contributed by atoms with Gasteiger partial charge in [0.15, 0.2) is 0 Å². The van der Waals surface area contributed by atoms with Crippen molar-refractivity contribution >= 4 is 11.7 Å². The molecule has 4 heteroatoms. The second-order valence-electron chi connectivity index (χ2n) is 16.7. The quantitative estimate of drug-likeness (QED) is 0.344. The average molecular weight is 551 g/mol. The number of nitrogens with zero attached hydrogens (tertiary/aromatic N) is 2. The molecule has 0 radical (unpaired) electrons. The summed E-state index contributed by atoms with van der Waals surface area (Å²) in [4.78, 5) is 32.5. The van der Waals surface area contributed by atoms with E-state index in [-0.39, 0.29) is 27.1 Å². The number of piperazine rings is 1. The Morgan fingerprint density at radius 3 is 2.20 bits per heavy atom. The van der Waals surface area contributed by atoms with Gasteiger partial charge in [-0.15, -0.1) is 0 Å². The van der Waals surface area contributed by atoms with Crippen LogP contribution in [-0.2, 0) is 9.59 Å². The van der Waals surface area contributed by atoms with Gasteiger partial charge in [-0.3, -0.25) is 9.59 Å². The van der Waals surface area contributed by atoms with Crippen LogP contribution >= 0.6 is 0 Å². The van der Waals surface area contributed by atoms with Crippen LogP contribution in [0.25, 0.3) is 0 Å². The lowest BCUT2D eigenvalue weighted by Crippen LogP contribution is -2.67. The smallest absolute Gasteiger partial charge is 0.229 e. The average Bonchev–Trinajstić information content (AvgIpc) is 3.32. The first-order valence-electron chi connectivity index (χ1n) is 17.0. The zero-order valence-corrected chi connectivity index (χ0v) is 26.9. The van der Waals surface area contributed by atoms with Crippen LogP contribution in [-0.4, -0.2) is 54.2 Å². The molecular formula is C36H58N2O2. The Morgan fingerprint density at radius 1 is 0.850 bits per heavy atom. The molecule has 4 nitrogen and oxygen atoms in total. The summed E-state index contributed by atoms with van der Waals surface area (Å²) in [6, 6.07) is 0. The van der Waals surface area contributed by atoms with Crippen LogP contribution in [0.1, 0.15) is 113 Å². The Bertz CT molecular complexity index is 1070. The second-order valence-corrected chi connectivity index (χ2v) is 16.7. The number of likely N-dealkylation sites (N-methyl/N-ethyl adjacent to an activating group) is 1. The fraction of sp³-hybridized carbons (Fsp3) is 0.889. The maximum absolute atomic E-state index is 14.6. The van der Waals surface area contributed by atoms with Gasteiger partial charge in [0.05, 0.1) is 5.41 Å². The third-order valence-corrected chi connectivity index (χ3v) is 15.3. The third-order valence-electron chi connectivity index (χ3n) is 15.3. The molecule has 0 aromatic carbocycles. The van der Waals surface area contributed by atoms with Gasteiger partial charge in [0.2, 0.25) is 5.91 Å². The molecule has 1 amide bonds. The zero-order chi connectivity index (χ0) is 28.9. The molecule has 224 valence electrons. The highest BCUT2D eigenvalue weighted by molar-refractivity contribution is 5.85. The molecule has 40 heavy (non-hydrogen) atoms. The minimum absolute atomic E-state index is 0.189. The van der Waals surface area contributed by atoms with Crippen LogP contribution in [0.4, 0.5) is 0 Å². The van der Waals surface area contributed by atoms with E-state index in [1.165, 1.54) is 37.7 Å². The molecule has 1 aliphatic heterocycles. The van der Waals surface area contributed by atoms with E-state index in [2.05, 4.69) is 64.8 Å². The van der Waals surface area contributed by atoms with Crippen molar-refractivity contribution in [3.8, 4) is 0 Å². The highest BCUT2D eigenvalue weighted by Gasteiger charge is 2.72. The summed E-state index contributed by atoms with van der Waals surface area (Å²) in [5.41, 5.74) is 1.68. The summed E-state index contributed by atoms with van der Waals surface area (Å²) in [6.07, 6.45) is 11.2. The van der Waals surface area contributed by atoms with E-state index in [9.17, 15) is 9.59 Å². The number of Topliss-reactive ketones (excluding diaryl/α,β-unsaturated/α-hetero) is 1.